The molecule has 2 aromatic carbocycles. The van der Waals surface area contributed by atoms with E-state index in [1.54, 1.807) is 30.3 Å². The molecular weight excluding hydrogens is 332 g/mol. The number of sulfonamides is 1. The first kappa shape index (κ1) is 17.5. The van der Waals surface area contributed by atoms with Crippen molar-refractivity contribution in [2.24, 2.45) is 0 Å². The lowest BCUT2D eigenvalue weighted by Crippen LogP contribution is -2.31. The van der Waals surface area contributed by atoms with Crippen molar-refractivity contribution in [2.75, 3.05) is 18.0 Å². The zero-order chi connectivity index (χ0) is 17.7. The molecule has 0 aliphatic rings. The van der Waals surface area contributed by atoms with Gasteiger partial charge < -0.3 is 4.74 Å². The number of nitro groups is 1. The van der Waals surface area contributed by atoms with Crippen LogP contribution in [-0.2, 0) is 10.0 Å². The van der Waals surface area contributed by atoms with E-state index in [9.17, 15) is 18.5 Å². The van der Waals surface area contributed by atoms with Crippen molar-refractivity contribution in [3.05, 3.63) is 71.3 Å². The van der Waals surface area contributed by atoms with E-state index in [-0.39, 0.29) is 17.2 Å². The summed E-state index contributed by atoms with van der Waals surface area (Å²) in [6.45, 7) is 3.61. The molecule has 2 aromatic rings. The van der Waals surface area contributed by atoms with Crippen LogP contribution in [0.2, 0.25) is 0 Å². The average Bonchev–Trinajstić information content (AvgIpc) is 2.59. The van der Waals surface area contributed by atoms with Crippen LogP contribution in [-0.4, -0.2) is 27.0 Å². The Morgan fingerprint density at radius 1 is 1.25 bits per heavy atom. The molecule has 2 rings (SSSR count). The SMILES string of the molecule is C=CCN(c1ccccc1)S(=O)(=O)c1ccc(OC)c([N+](=O)[O-])c1. The van der Waals surface area contributed by atoms with E-state index in [1.807, 2.05) is 0 Å². The minimum absolute atomic E-state index is 0.00562. The van der Waals surface area contributed by atoms with Gasteiger partial charge in [-0.15, -0.1) is 6.58 Å². The minimum atomic E-state index is -4.00. The maximum Gasteiger partial charge on any atom is 0.312 e. The minimum Gasteiger partial charge on any atom is -0.490 e. The highest BCUT2D eigenvalue weighted by molar-refractivity contribution is 7.92. The zero-order valence-corrected chi connectivity index (χ0v) is 13.8. The number of ether oxygens (including phenoxy) is 1. The van der Waals surface area contributed by atoms with Crippen LogP contribution in [0.15, 0.2) is 66.1 Å². The summed E-state index contributed by atoms with van der Waals surface area (Å²) < 4.78 is 31.9. The van der Waals surface area contributed by atoms with Gasteiger partial charge in [-0.05, 0) is 24.3 Å². The third kappa shape index (κ3) is 3.38. The van der Waals surface area contributed by atoms with Crippen LogP contribution in [0.3, 0.4) is 0 Å². The first-order valence-electron chi connectivity index (χ1n) is 6.93. The van der Waals surface area contributed by atoms with Gasteiger partial charge in [0, 0.05) is 6.07 Å². The largest absolute Gasteiger partial charge is 0.490 e. The number of hydrogen-bond donors (Lipinski definition) is 0. The molecule has 0 aliphatic carbocycles. The normalized spacial score (nSPS) is 10.9. The highest BCUT2D eigenvalue weighted by Gasteiger charge is 2.27. The maximum absolute atomic E-state index is 12.9. The standard InChI is InChI=1S/C16H16N2O5S/c1-3-11-17(13-7-5-4-6-8-13)24(21,22)14-9-10-16(23-2)15(12-14)18(19)20/h3-10,12H,1,11H2,2H3. The number of benzene rings is 2. The molecule has 0 saturated carbocycles. The Balaban J connectivity index is 2.57. The fourth-order valence-electron chi connectivity index (χ4n) is 2.15. The monoisotopic (exact) mass is 348 g/mol. The van der Waals surface area contributed by atoms with Gasteiger partial charge in [-0.1, -0.05) is 24.3 Å². The smallest absolute Gasteiger partial charge is 0.312 e. The van der Waals surface area contributed by atoms with Gasteiger partial charge in [-0.3, -0.25) is 14.4 Å². The van der Waals surface area contributed by atoms with E-state index in [0.717, 1.165) is 10.4 Å². The van der Waals surface area contributed by atoms with Crippen LogP contribution in [0.4, 0.5) is 11.4 Å². The fourth-order valence-corrected chi connectivity index (χ4v) is 3.61. The molecular formula is C16H16N2O5S. The quantitative estimate of drug-likeness (QED) is 0.436. The Bertz CT molecular complexity index is 850. The van der Waals surface area contributed by atoms with E-state index >= 15 is 0 Å². The van der Waals surface area contributed by atoms with Gasteiger partial charge in [-0.2, -0.15) is 0 Å². The molecule has 0 bridgehead atoms. The number of nitro benzene ring substituents is 1. The molecule has 0 saturated heterocycles. The number of hydrogen-bond acceptors (Lipinski definition) is 5. The Labute approximate surface area is 140 Å². The number of nitrogens with zero attached hydrogens (tertiary/aromatic N) is 2. The lowest BCUT2D eigenvalue weighted by molar-refractivity contribution is -0.386. The van der Waals surface area contributed by atoms with Crippen LogP contribution in [0.25, 0.3) is 0 Å². The van der Waals surface area contributed by atoms with Crippen LogP contribution in [0.1, 0.15) is 0 Å². The Kier molecular flexibility index (Phi) is 5.20. The van der Waals surface area contributed by atoms with Crippen LogP contribution in [0.5, 0.6) is 5.75 Å². The van der Waals surface area contributed by atoms with Crippen LogP contribution < -0.4 is 9.04 Å². The first-order chi connectivity index (χ1) is 11.4. The van der Waals surface area contributed by atoms with Crippen molar-refractivity contribution >= 4 is 21.4 Å². The van der Waals surface area contributed by atoms with Gasteiger partial charge in [0.25, 0.3) is 10.0 Å². The molecule has 7 nitrogen and oxygen atoms in total. The van der Waals surface area contributed by atoms with Crippen LogP contribution in [0, 0.1) is 10.1 Å². The van der Waals surface area contributed by atoms with Crippen molar-refractivity contribution in [3.63, 3.8) is 0 Å². The third-order valence-electron chi connectivity index (χ3n) is 3.27. The van der Waals surface area contributed by atoms with Gasteiger partial charge in [0.1, 0.15) is 0 Å². The molecule has 0 fully saturated rings. The number of para-hydroxylation sites is 1. The second-order valence-corrected chi connectivity index (χ2v) is 6.61. The van der Waals surface area contributed by atoms with E-state index < -0.39 is 20.6 Å². The van der Waals surface area contributed by atoms with E-state index in [0.29, 0.717) is 5.69 Å². The summed E-state index contributed by atoms with van der Waals surface area (Å²) in [5, 5.41) is 11.1. The van der Waals surface area contributed by atoms with Crippen molar-refractivity contribution in [2.45, 2.75) is 4.90 Å². The predicted octanol–water partition coefficient (Wildman–Crippen LogP) is 2.98. The highest BCUT2D eigenvalue weighted by Crippen LogP contribution is 2.31. The van der Waals surface area contributed by atoms with Crippen molar-refractivity contribution in [1.29, 1.82) is 0 Å². The summed E-state index contributed by atoms with van der Waals surface area (Å²) in [6, 6.07) is 12.0. The maximum atomic E-state index is 12.9. The van der Waals surface area contributed by atoms with E-state index in [2.05, 4.69) is 6.58 Å². The molecule has 0 heterocycles. The lowest BCUT2D eigenvalue weighted by atomic mass is 10.3. The third-order valence-corrected chi connectivity index (χ3v) is 5.06. The number of rotatable bonds is 7. The summed E-state index contributed by atoms with van der Waals surface area (Å²) in [5.74, 6) is -0.00562. The molecule has 0 amide bonds. The highest BCUT2D eigenvalue weighted by atomic mass is 32.2. The average molecular weight is 348 g/mol. The first-order valence-corrected chi connectivity index (χ1v) is 8.37. The molecule has 0 aliphatic heterocycles. The zero-order valence-electron chi connectivity index (χ0n) is 13.0. The van der Waals surface area contributed by atoms with Gasteiger partial charge in [0.15, 0.2) is 5.75 Å². The van der Waals surface area contributed by atoms with Gasteiger partial charge in [0.05, 0.1) is 29.2 Å². The second-order valence-electron chi connectivity index (χ2n) is 4.75. The van der Waals surface area contributed by atoms with Gasteiger partial charge in [0.2, 0.25) is 0 Å². The predicted molar refractivity (Wildman–Crippen MR) is 90.8 cm³/mol. The summed E-state index contributed by atoms with van der Waals surface area (Å²) >= 11 is 0. The van der Waals surface area contributed by atoms with Crippen LogP contribution >= 0.6 is 0 Å². The number of anilines is 1. The molecule has 126 valence electrons. The Hall–Kier alpha value is -2.87. The van der Waals surface area contributed by atoms with E-state index in [1.165, 1.54) is 25.3 Å². The van der Waals surface area contributed by atoms with Crippen molar-refractivity contribution in [1.82, 2.24) is 0 Å². The topological polar surface area (TPSA) is 89.8 Å². The summed E-state index contributed by atoms with van der Waals surface area (Å²) in [5.41, 5.74) is 0.0288. The molecule has 0 radical (unpaired) electrons. The summed E-state index contributed by atoms with van der Waals surface area (Å²) in [6.07, 6.45) is 1.45. The molecule has 0 unspecified atom stereocenters. The Morgan fingerprint density at radius 2 is 1.92 bits per heavy atom. The molecule has 24 heavy (non-hydrogen) atoms. The molecule has 0 spiro atoms. The fraction of sp³-hybridized carbons (Fsp3) is 0.125. The van der Waals surface area contributed by atoms with Crippen molar-refractivity contribution < 1.29 is 18.1 Å². The van der Waals surface area contributed by atoms with Crippen molar-refractivity contribution in [3.8, 4) is 5.75 Å². The second kappa shape index (κ2) is 7.14. The lowest BCUT2D eigenvalue weighted by Gasteiger charge is -2.23. The Morgan fingerprint density at radius 3 is 2.46 bits per heavy atom. The molecule has 8 heteroatoms. The van der Waals surface area contributed by atoms with Gasteiger partial charge >= 0.3 is 5.69 Å². The van der Waals surface area contributed by atoms with Gasteiger partial charge in [-0.25, -0.2) is 8.42 Å². The van der Waals surface area contributed by atoms with E-state index in [4.69, 9.17) is 4.74 Å². The molecule has 0 N–H and O–H groups in total. The summed E-state index contributed by atoms with van der Waals surface area (Å²) in [7, 11) is -2.71. The summed E-state index contributed by atoms with van der Waals surface area (Å²) in [4.78, 5) is 10.3. The number of methoxy groups -OCH3 is 1. The molecule has 0 aromatic heterocycles. The molecule has 0 atom stereocenters.